The molecule has 3 aromatic rings. The number of thioether (sulfide) groups is 1. The van der Waals surface area contributed by atoms with E-state index in [2.05, 4.69) is 5.32 Å². The normalized spacial score (nSPS) is 11.6. The second-order valence-corrected chi connectivity index (χ2v) is 8.18. The third-order valence-electron chi connectivity index (χ3n) is 4.47. The summed E-state index contributed by atoms with van der Waals surface area (Å²) in [7, 11) is 0. The summed E-state index contributed by atoms with van der Waals surface area (Å²) in [4.78, 5) is 25.2. The van der Waals surface area contributed by atoms with E-state index in [1.165, 1.54) is 0 Å². The van der Waals surface area contributed by atoms with Crippen LogP contribution in [-0.4, -0.2) is 17.6 Å². The molecule has 0 bridgehead atoms. The average Bonchev–Trinajstić information content (AvgIpc) is 2.75. The number of carbonyl (C=O) groups is 2. The highest BCUT2D eigenvalue weighted by Gasteiger charge is 2.21. The molecule has 0 unspecified atom stereocenters. The van der Waals surface area contributed by atoms with E-state index in [1.54, 1.807) is 36.0 Å². The second kappa shape index (κ2) is 10.8. The highest BCUT2D eigenvalue weighted by molar-refractivity contribution is 7.98. The first-order valence-corrected chi connectivity index (χ1v) is 10.9. The van der Waals surface area contributed by atoms with Gasteiger partial charge in [0.15, 0.2) is 0 Å². The zero-order chi connectivity index (χ0) is 20.5. The maximum Gasteiger partial charge on any atom is 0.257 e. The van der Waals surface area contributed by atoms with Crippen molar-refractivity contribution < 1.29 is 9.59 Å². The summed E-state index contributed by atoms with van der Waals surface area (Å²) in [5.74, 6) is 0.485. The summed E-state index contributed by atoms with van der Waals surface area (Å²) >= 11 is 7.61. The van der Waals surface area contributed by atoms with Crippen LogP contribution in [-0.2, 0) is 17.0 Å². The Kier molecular flexibility index (Phi) is 7.91. The summed E-state index contributed by atoms with van der Waals surface area (Å²) in [5, 5.41) is 3.27. The predicted octanol–water partition coefficient (Wildman–Crippen LogP) is 5.39. The predicted molar refractivity (Wildman–Crippen MR) is 120 cm³/mol. The molecular formula is C24H22ClNO2S. The molecule has 0 aromatic heterocycles. The molecule has 0 aliphatic rings. The summed E-state index contributed by atoms with van der Waals surface area (Å²) in [6, 6.07) is 26.4. The maximum absolute atomic E-state index is 12.9. The van der Waals surface area contributed by atoms with E-state index in [0.717, 1.165) is 16.9 Å². The molecule has 148 valence electrons. The number of carbonyl (C=O) groups excluding carboxylic acids is 2. The van der Waals surface area contributed by atoms with Crippen LogP contribution in [0.1, 0.15) is 21.5 Å². The molecule has 3 aromatic carbocycles. The molecule has 0 saturated heterocycles. The van der Waals surface area contributed by atoms with Crippen LogP contribution in [0.5, 0.6) is 0 Å². The van der Waals surface area contributed by atoms with Gasteiger partial charge < -0.3 is 0 Å². The summed E-state index contributed by atoms with van der Waals surface area (Å²) in [5.41, 5.74) is 2.71. The maximum atomic E-state index is 12.9. The smallest absolute Gasteiger partial charge is 0.257 e. The van der Waals surface area contributed by atoms with Crippen molar-refractivity contribution in [1.82, 2.24) is 5.32 Å². The number of amides is 2. The van der Waals surface area contributed by atoms with Crippen molar-refractivity contribution in [2.45, 2.75) is 12.2 Å². The first kappa shape index (κ1) is 21.2. The van der Waals surface area contributed by atoms with E-state index in [9.17, 15) is 9.59 Å². The van der Waals surface area contributed by atoms with Gasteiger partial charge in [0.1, 0.15) is 0 Å². The lowest BCUT2D eigenvalue weighted by Gasteiger charge is -2.16. The Morgan fingerprint density at radius 2 is 1.45 bits per heavy atom. The van der Waals surface area contributed by atoms with Crippen LogP contribution in [0, 0.1) is 5.92 Å². The van der Waals surface area contributed by atoms with Crippen LogP contribution in [0.2, 0.25) is 5.02 Å². The van der Waals surface area contributed by atoms with Gasteiger partial charge in [-0.2, -0.15) is 11.8 Å². The quantitative estimate of drug-likeness (QED) is 0.528. The molecule has 29 heavy (non-hydrogen) atoms. The van der Waals surface area contributed by atoms with Gasteiger partial charge in [0.05, 0.1) is 5.92 Å². The molecular weight excluding hydrogens is 402 g/mol. The molecule has 3 rings (SSSR count). The Balaban J connectivity index is 1.64. The molecule has 0 saturated carbocycles. The van der Waals surface area contributed by atoms with Crippen molar-refractivity contribution in [3.8, 4) is 0 Å². The minimum Gasteiger partial charge on any atom is -0.292 e. The molecule has 2 amide bonds. The van der Waals surface area contributed by atoms with Crippen molar-refractivity contribution in [2.75, 3.05) is 5.75 Å². The number of imide groups is 1. The Hall–Kier alpha value is -2.56. The molecule has 3 nitrogen and oxygen atoms in total. The Morgan fingerprint density at radius 1 is 0.828 bits per heavy atom. The standard InChI is InChI=1S/C24H22ClNO2S/c25-22-13-11-19(12-14-22)16-29-17-21(15-18-7-3-1-4-8-18)24(28)26-23(27)20-9-5-2-6-10-20/h1-14,21H,15-17H2,(H,26,27,28)/t21-/m1/s1. The second-order valence-electron chi connectivity index (χ2n) is 6.71. The summed E-state index contributed by atoms with van der Waals surface area (Å²) in [6.07, 6.45) is 0.586. The van der Waals surface area contributed by atoms with Crippen LogP contribution in [0.25, 0.3) is 0 Å². The van der Waals surface area contributed by atoms with Crippen LogP contribution in [0.4, 0.5) is 0 Å². The first-order chi connectivity index (χ1) is 14.1. The number of rotatable bonds is 8. The third-order valence-corrected chi connectivity index (χ3v) is 5.90. The van der Waals surface area contributed by atoms with Gasteiger partial charge in [-0.1, -0.05) is 72.3 Å². The van der Waals surface area contributed by atoms with Crippen LogP contribution < -0.4 is 5.32 Å². The lowest BCUT2D eigenvalue weighted by molar-refractivity contribution is -0.123. The van der Waals surface area contributed by atoms with E-state index in [4.69, 9.17) is 11.6 Å². The fourth-order valence-corrected chi connectivity index (χ4v) is 4.13. The lowest BCUT2D eigenvalue weighted by Crippen LogP contribution is -2.37. The van der Waals surface area contributed by atoms with Gasteiger partial charge in [-0.15, -0.1) is 0 Å². The Labute approximate surface area is 180 Å². The van der Waals surface area contributed by atoms with Crippen LogP contribution >= 0.6 is 23.4 Å². The SMILES string of the molecule is O=C(NC(=O)[C@@H](CSCc1ccc(Cl)cc1)Cc1ccccc1)c1ccccc1. The van der Waals surface area contributed by atoms with Gasteiger partial charge in [-0.25, -0.2) is 0 Å². The molecule has 1 N–H and O–H groups in total. The zero-order valence-corrected chi connectivity index (χ0v) is 17.5. The van der Waals surface area contributed by atoms with E-state index in [-0.39, 0.29) is 17.7 Å². The molecule has 0 heterocycles. The average molecular weight is 424 g/mol. The van der Waals surface area contributed by atoms with E-state index in [0.29, 0.717) is 22.8 Å². The largest absolute Gasteiger partial charge is 0.292 e. The highest BCUT2D eigenvalue weighted by Crippen LogP contribution is 2.20. The number of hydrogen-bond donors (Lipinski definition) is 1. The first-order valence-electron chi connectivity index (χ1n) is 9.38. The summed E-state index contributed by atoms with van der Waals surface area (Å²) in [6.45, 7) is 0. The lowest BCUT2D eigenvalue weighted by atomic mass is 10.00. The van der Waals surface area contributed by atoms with Gasteiger partial charge in [0, 0.05) is 22.1 Å². The molecule has 0 spiro atoms. The van der Waals surface area contributed by atoms with Gasteiger partial charge in [0.25, 0.3) is 5.91 Å². The van der Waals surface area contributed by atoms with Crippen molar-refractivity contribution in [2.24, 2.45) is 5.92 Å². The van der Waals surface area contributed by atoms with Crippen LogP contribution in [0.15, 0.2) is 84.9 Å². The molecule has 0 aliphatic carbocycles. The van der Waals surface area contributed by atoms with Crippen molar-refractivity contribution >= 4 is 35.2 Å². The van der Waals surface area contributed by atoms with E-state index < -0.39 is 0 Å². The third kappa shape index (κ3) is 6.77. The highest BCUT2D eigenvalue weighted by atomic mass is 35.5. The zero-order valence-electron chi connectivity index (χ0n) is 15.9. The molecule has 0 radical (unpaired) electrons. The van der Waals surface area contributed by atoms with E-state index in [1.807, 2.05) is 60.7 Å². The fourth-order valence-electron chi connectivity index (χ4n) is 2.90. The molecule has 5 heteroatoms. The number of halogens is 1. The number of benzene rings is 3. The molecule has 0 aliphatic heterocycles. The van der Waals surface area contributed by atoms with Crippen LogP contribution in [0.3, 0.4) is 0 Å². The minimum absolute atomic E-state index is 0.244. The topological polar surface area (TPSA) is 46.2 Å². The summed E-state index contributed by atoms with van der Waals surface area (Å²) < 4.78 is 0. The Bertz CT molecular complexity index is 930. The van der Waals surface area contributed by atoms with E-state index >= 15 is 0 Å². The number of nitrogens with one attached hydrogen (secondary N) is 1. The molecule has 0 fully saturated rings. The van der Waals surface area contributed by atoms with Crippen molar-refractivity contribution in [3.05, 3.63) is 107 Å². The monoisotopic (exact) mass is 423 g/mol. The Morgan fingerprint density at radius 3 is 2.10 bits per heavy atom. The fraction of sp³-hybridized carbons (Fsp3) is 0.167. The minimum atomic E-state index is -0.364. The molecule has 1 atom stereocenters. The van der Waals surface area contributed by atoms with Crippen molar-refractivity contribution in [1.29, 1.82) is 0 Å². The van der Waals surface area contributed by atoms with Gasteiger partial charge in [0.2, 0.25) is 5.91 Å². The number of hydrogen-bond acceptors (Lipinski definition) is 3. The van der Waals surface area contributed by atoms with Gasteiger partial charge in [-0.3, -0.25) is 14.9 Å². The van der Waals surface area contributed by atoms with Gasteiger partial charge >= 0.3 is 0 Å². The van der Waals surface area contributed by atoms with Gasteiger partial charge in [-0.05, 0) is 41.8 Å². The van der Waals surface area contributed by atoms with Crippen molar-refractivity contribution in [3.63, 3.8) is 0 Å².